The van der Waals surface area contributed by atoms with E-state index in [1.54, 1.807) is 0 Å². The molecule has 58 valence electrons. The second-order valence-corrected chi connectivity index (χ2v) is 3.56. The first kappa shape index (κ1) is 9.03. The van der Waals surface area contributed by atoms with Crippen LogP contribution in [0.1, 0.15) is 5.56 Å². The average molecular weight is 262 g/mol. The van der Waals surface area contributed by atoms with Gasteiger partial charge < -0.3 is 10.0 Å². The van der Waals surface area contributed by atoms with E-state index in [0.29, 0.717) is 6.32 Å². The Hall–Kier alpha value is -0.0651. The Bertz CT molecular complexity index is 222. The maximum absolute atomic E-state index is 8.63. The summed E-state index contributed by atoms with van der Waals surface area (Å²) < 4.78 is 1.15. The Labute approximate surface area is 79.5 Å². The molecule has 0 amide bonds. The number of benzene rings is 1. The van der Waals surface area contributed by atoms with Gasteiger partial charge in [0.25, 0.3) is 0 Å². The largest absolute Gasteiger partial charge is 0.456 e. The van der Waals surface area contributed by atoms with Gasteiger partial charge in [0.15, 0.2) is 0 Å². The van der Waals surface area contributed by atoms with Crippen LogP contribution in [0.2, 0.25) is 0 Å². The third-order valence-corrected chi connectivity index (χ3v) is 2.05. The maximum Gasteiger partial charge on any atom is 0.456 e. The predicted molar refractivity (Wildman–Crippen MR) is 53.1 cm³/mol. The minimum absolute atomic E-state index is 0.302. The highest BCUT2D eigenvalue weighted by Crippen LogP contribution is 2.07. The van der Waals surface area contributed by atoms with Crippen molar-refractivity contribution in [3.05, 3.63) is 33.4 Å². The zero-order valence-corrected chi connectivity index (χ0v) is 8.02. The van der Waals surface area contributed by atoms with Crippen molar-refractivity contribution in [1.82, 2.24) is 0 Å². The average Bonchev–Trinajstić information content (AvgIpc) is 1.93. The van der Waals surface area contributed by atoms with Gasteiger partial charge in [0, 0.05) is 9.89 Å². The summed E-state index contributed by atoms with van der Waals surface area (Å²) in [5.74, 6) is 0. The quantitative estimate of drug-likeness (QED) is 0.612. The van der Waals surface area contributed by atoms with Gasteiger partial charge in [-0.1, -0.05) is 12.1 Å². The van der Waals surface area contributed by atoms with Crippen LogP contribution >= 0.6 is 22.6 Å². The molecule has 0 saturated carbocycles. The molecule has 2 nitrogen and oxygen atoms in total. The van der Waals surface area contributed by atoms with Gasteiger partial charge in [-0.3, -0.25) is 0 Å². The minimum Gasteiger partial charge on any atom is -0.427 e. The lowest BCUT2D eigenvalue weighted by atomic mass is 9.82. The molecule has 0 aliphatic heterocycles. The predicted octanol–water partition coefficient (Wildman–Crippen LogP) is 0.846. The van der Waals surface area contributed by atoms with Crippen LogP contribution in [-0.2, 0) is 6.32 Å². The Morgan fingerprint density at radius 2 is 1.73 bits per heavy atom. The fourth-order valence-electron chi connectivity index (χ4n) is 0.831. The Morgan fingerprint density at radius 3 is 2.18 bits per heavy atom. The van der Waals surface area contributed by atoms with Crippen LogP contribution in [0.15, 0.2) is 24.3 Å². The first-order valence-corrected chi connectivity index (χ1v) is 4.37. The zero-order valence-electron chi connectivity index (χ0n) is 5.87. The maximum atomic E-state index is 8.63. The van der Waals surface area contributed by atoms with Crippen LogP contribution in [0.25, 0.3) is 0 Å². The molecule has 0 bridgehead atoms. The summed E-state index contributed by atoms with van der Waals surface area (Å²) in [6.45, 7) is 0. The van der Waals surface area contributed by atoms with Crippen molar-refractivity contribution in [3.8, 4) is 0 Å². The minimum atomic E-state index is -1.24. The molecule has 0 unspecified atom stereocenters. The van der Waals surface area contributed by atoms with E-state index in [1.807, 2.05) is 24.3 Å². The number of rotatable bonds is 2. The van der Waals surface area contributed by atoms with Crippen LogP contribution < -0.4 is 0 Å². The zero-order chi connectivity index (χ0) is 8.27. The summed E-state index contributed by atoms with van der Waals surface area (Å²) in [7, 11) is -1.24. The van der Waals surface area contributed by atoms with Crippen LogP contribution in [0, 0.1) is 3.57 Å². The molecule has 0 aromatic heterocycles. The van der Waals surface area contributed by atoms with Crippen molar-refractivity contribution in [2.24, 2.45) is 0 Å². The summed E-state index contributed by atoms with van der Waals surface area (Å²) in [5, 5.41) is 17.3. The molecule has 0 aliphatic rings. The van der Waals surface area contributed by atoms with Gasteiger partial charge in [-0.05, 0) is 40.3 Å². The molecule has 0 fully saturated rings. The highest BCUT2D eigenvalue weighted by Gasteiger charge is 2.06. The SMILES string of the molecule is OB(O)Cc1ccc(I)cc1. The molecule has 1 aromatic carbocycles. The van der Waals surface area contributed by atoms with Crippen molar-refractivity contribution in [1.29, 1.82) is 0 Å². The van der Waals surface area contributed by atoms with Crippen LogP contribution in [-0.4, -0.2) is 17.2 Å². The number of hydrogen-bond acceptors (Lipinski definition) is 2. The van der Waals surface area contributed by atoms with E-state index in [4.69, 9.17) is 10.0 Å². The molecular formula is C7H8BIO2. The summed E-state index contributed by atoms with van der Waals surface area (Å²) in [6, 6.07) is 7.67. The van der Waals surface area contributed by atoms with E-state index in [2.05, 4.69) is 22.6 Å². The Morgan fingerprint density at radius 1 is 1.18 bits per heavy atom. The molecule has 0 radical (unpaired) electrons. The molecule has 2 N–H and O–H groups in total. The monoisotopic (exact) mass is 262 g/mol. The van der Waals surface area contributed by atoms with E-state index in [9.17, 15) is 0 Å². The summed E-state index contributed by atoms with van der Waals surface area (Å²) in [4.78, 5) is 0. The fourth-order valence-corrected chi connectivity index (χ4v) is 1.19. The standard InChI is InChI=1S/C7H8BIO2/c9-7-3-1-6(2-4-7)5-8(10)11/h1-4,10-11H,5H2. The third kappa shape index (κ3) is 3.22. The molecule has 0 aliphatic carbocycles. The molecule has 0 heterocycles. The van der Waals surface area contributed by atoms with E-state index in [0.717, 1.165) is 9.13 Å². The van der Waals surface area contributed by atoms with Crippen molar-refractivity contribution < 1.29 is 10.0 Å². The fraction of sp³-hybridized carbons (Fsp3) is 0.143. The summed E-state index contributed by atoms with van der Waals surface area (Å²) >= 11 is 2.21. The van der Waals surface area contributed by atoms with Crippen molar-refractivity contribution in [2.45, 2.75) is 6.32 Å². The first-order valence-electron chi connectivity index (χ1n) is 3.29. The lowest BCUT2D eigenvalue weighted by Crippen LogP contribution is -2.14. The van der Waals surface area contributed by atoms with Crippen molar-refractivity contribution in [2.75, 3.05) is 0 Å². The van der Waals surface area contributed by atoms with E-state index in [1.165, 1.54) is 0 Å². The summed E-state index contributed by atoms with van der Waals surface area (Å²) in [5.41, 5.74) is 0.945. The topological polar surface area (TPSA) is 40.5 Å². The molecule has 0 saturated heterocycles. The van der Waals surface area contributed by atoms with Gasteiger partial charge in [0.2, 0.25) is 0 Å². The van der Waals surface area contributed by atoms with E-state index < -0.39 is 7.12 Å². The van der Waals surface area contributed by atoms with E-state index >= 15 is 0 Å². The van der Waals surface area contributed by atoms with Crippen LogP contribution in [0.5, 0.6) is 0 Å². The summed E-state index contributed by atoms with van der Waals surface area (Å²) in [6.07, 6.45) is 0.302. The van der Waals surface area contributed by atoms with E-state index in [-0.39, 0.29) is 0 Å². The molecule has 11 heavy (non-hydrogen) atoms. The molecular weight excluding hydrogens is 254 g/mol. The second-order valence-electron chi connectivity index (χ2n) is 2.31. The van der Waals surface area contributed by atoms with Crippen LogP contribution in [0.3, 0.4) is 0 Å². The number of halogens is 1. The molecule has 0 spiro atoms. The van der Waals surface area contributed by atoms with Crippen LogP contribution in [0.4, 0.5) is 0 Å². The van der Waals surface area contributed by atoms with Gasteiger partial charge in [0.05, 0.1) is 0 Å². The second kappa shape index (κ2) is 4.08. The van der Waals surface area contributed by atoms with Crippen molar-refractivity contribution >= 4 is 29.7 Å². The molecule has 0 atom stereocenters. The Balaban J connectivity index is 2.66. The first-order chi connectivity index (χ1) is 5.18. The van der Waals surface area contributed by atoms with Gasteiger partial charge in [-0.25, -0.2) is 0 Å². The highest BCUT2D eigenvalue weighted by atomic mass is 127. The highest BCUT2D eigenvalue weighted by molar-refractivity contribution is 14.1. The normalized spacial score (nSPS) is 9.73. The molecule has 4 heteroatoms. The smallest absolute Gasteiger partial charge is 0.427 e. The third-order valence-electron chi connectivity index (χ3n) is 1.33. The Kier molecular flexibility index (Phi) is 3.35. The van der Waals surface area contributed by atoms with Crippen molar-refractivity contribution in [3.63, 3.8) is 0 Å². The van der Waals surface area contributed by atoms with Gasteiger partial charge in [-0.15, -0.1) is 0 Å². The molecule has 1 rings (SSSR count). The lowest BCUT2D eigenvalue weighted by molar-refractivity contribution is 0.405. The lowest BCUT2D eigenvalue weighted by Gasteiger charge is -1.98. The van der Waals surface area contributed by atoms with Gasteiger partial charge >= 0.3 is 7.12 Å². The van der Waals surface area contributed by atoms with Gasteiger partial charge in [0.1, 0.15) is 0 Å². The molecule has 1 aromatic rings. The number of hydrogen-bond donors (Lipinski definition) is 2. The van der Waals surface area contributed by atoms with Gasteiger partial charge in [-0.2, -0.15) is 0 Å².